The number of hydrogen-bond acceptors (Lipinski definition) is 5. The van der Waals surface area contributed by atoms with Crippen molar-refractivity contribution in [3.63, 3.8) is 0 Å². The Balaban J connectivity index is 2.16. The highest BCUT2D eigenvalue weighted by Crippen LogP contribution is 2.18. The van der Waals surface area contributed by atoms with Crippen molar-refractivity contribution in [3.05, 3.63) is 32.6 Å². The Kier molecular flexibility index (Phi) is 5.87. The summed E-state index contributed by atoms with van der Waals surface area (Å²) in [5.74, 6) is -1.06. The van der Waals surface area contributed by atoms with Crippen LogP contribution in [0.5, 0.6) is 0 Å². The third-order valence-corrected chi connectivity index (χ3v) is 6.82. The summed E-state index contributed by atoms with van der Waals surface area (Å²) in [5.41, 5.74) is -1.10. The van der Waals surface area contributed by atoms with Crippen molar-refractivity contribution in [3.8, 4) is 0 Å². The Morgan fingerprint density at radius 2 is 1.80 bits per heavy atom. The number of rotatable bonds is 5. The lowest BCUT2D eigenvalue weighted by Gasteiger charge is -2.24. The summed E-state index contributed by atoms with van der Waals surface area (Å²) in [4.78, 5) is 36.0. The lowest BCUT2D eigenvalue weighted by Crippen LogP contribution is -2.45. The van der Waals surface area contributed by atoms with Crippen LogP contribution in [-0.4, -0.2) is 34.8 Å². The summed E-state index contributed by atoms with van der Waals surface area (Å²) < 4.78 is 27.1. The van der Waals surface area contributed by atoms with Crippen molar-refractivity contribution in [1.82, 2.24) is 14.5 Å². The maximum Gasteiger partial charge on any atom is 0.330 e. The molecule has 0 bridgehead atoms. The van der Waals surface area contributed by atoms with Crippen LogP contribution in [0.1, 0.15) is 44.7 Å². The standard InChI is InChI=1S/C16H25N3O5S/c1-11(15(21)17-12-7-5-4-6-8-12)25(23,24)10-13-9-14(20)19(3)16(22)18(13)2/h9,11-12H,4-8,10H2,1-3H3,(H,17,21). The van der Waals surface area contributed by atoms with Crippen molar-refractivity contribution < 1.29 is 13.2 Å². The first-order valence-electron chi connectivity index (χ1n) is 8.41. The van der Waals surface area contributed by atoms with Gasteiger partial charge in [0.2, 0.25) is 5.91 Å². The van der Waals surface area contributed by atoms with Crippen LogP contribution in [0.4, 0.5) is 0 Å². The molecule has 1 aromatic heterocycles. The van der Waals surface area contributed by atoms with Crippen molar-refractivity contribution in [1.29, 1.82) is 0 Å². The molecule has 8 nitrogen and oxygen atoms in total. The van der Waals surface area contributed by atoms with E-state index < -0.39 is 38.0 Å². The Morgan fingerprint density at radius 3 is 2.40 bits per heavy atom. The maximum absolute atomic E-state index is 12.6. The molecule has 25 heavy (non-hydrogen) atoms. The zero-order chi connectivity index (χ0) is 18.8. The number of carbonyl (C=O) groups excluding carboxylic acids is 1. The number of sulfone groups is 1. The van der Waals surface area contributed by atoms with Crippen LogP contribution in [0.3, 0.4) is 0 Å². The molecule has 140 valence electrons. The lowest BCUT2D eigenvalue weighted by atomic mass is 9.95. The maximum atomic E-state index is 12.6. The summed E-state index contributed by atoms with van der Waals surface area (Å²) in [6.45, 7) is 1.34. The van der Waals surface area contributed by atoms with Gasteiger partial charge in [-0.2, -0.15) is 0 Å². The van der Waals surface area contributed by atoms with Crippen LogP contribution < -0.4 is 16.6 Å². The summed E-state index contributed by atoms with van der Waals surface area (Å²) in [6, 6.07) is 1.14. The predicted molar refractivity (Wildman–Crippen MR) is 94.0 cm³/mol. The van der Waals surface area contributed by atoms with E-state index in [0.29, 0.717) is 0 Å². The van der Waals surface area contributed by atoms with Crippen molar-refractivity contribution in [2.75, 3.05) is 0 Å². The first-order chi connectivity index (χ1) is 11.6. The minimum atomic E-state index is -3.85. The molecule has 0 saturated heterocycles. The highest BCUT2D eigenvalue weighted by atomic mass is 32.2. The number of nitrogens with one attached hydrogen (secondary N) is 1. The first kappa shape index (κ1) is 19.4. The molecule has 1 fully saturated rings. The predicted octanol–water partition coefficient (Wildman–Crippen LogP) is -0.164. The minimum absolute atomic E-state index is 0.0206. The van der Waals surface area contributed by atoms with Crippen LogP contribution in [0, 0.1) is 0 Å². The SMILES string of the molecule is CC(C(=O)NC1CCCCC1)S(=O)(=O)Cc1cc(=O)n(C)c(=O)n1C. The van der Waals surface area contributed by atoms with Gasteiger partial charge in [0.1, 0.15) is 5.25 Å². The lowest BCUT2D eigenvalue weighted by molar-refractivity contribution is -0.121. The molecular formula is C16H25N3O5S. The van der Waals surface area contributed by atoms with E-state index in [9.17, 15) is 22.8 Å². The van der Waals surface area contributed by atoms with Crippen LogP contribution in [0.25, 0.3) is 0 Å². The zero-order valence-corrected chi connectivity index (χ0v) is 15.6. The number of carbonyl (C=O) groups is 1. The molecule has 1 amide bonds. The average molecular weight is 371 g/mol. The summed E-state index contributed by atoms with van der Waals surface area (Å²) in [7, 11) is -1.13. The van der Waals surface area contributed by atoms with Gasteiger partial charge in [0.25, 0.3) is 5.56 Å². The summed E-state index contributed by atoms with van der Waals surface area (Å²) in [5, 5.41) is 1.56. The molecule has 0 radical (unpaired) electrons. The van der Waals surface area contributed by atoms with E-state index in [1.165, 1.54) is 21.0 Å². The largest absolute Gasteiger partial charge is 0.352 e. The second kappa shape index (κ2) is 7.55. The number of hydrogen-bond donors (Lipinski definition) is 1. The normalized spacial score (nSPS) is 17.2. The minimum Gasteiger partial charge on any atom is -0.352 e. The quantitative estimate of drug-likeness (QED) is 0.774. The molecule has 1 N–H and O–H groups in total. The highest BCUT2D eigenvalue weighted by molar-refractivity contribution is 7.92. The van der Waals surface area contributed by atoms with Crippen molar-refractivity contribution >= 4 is 15.7 Å². The van der Waals surface area contributed by atoms with E-state index in [-0.39, 0.29) is 11.7 Å². The Bertz CT molecular complexity index is 863. The molecule has 1 heterocycles. The van der Waals surface area contributed by atoms with Crippen molar-refractivity contribution in [2.45, 2.75) is 56.1 Å². The fourth-order valence-electron chi connectivity index (χ4n) is 2.98. The molecule has 0 aromatic carbocycles. The van der Waals surface area contributed by atoms with Gasteiger partial charge in [-0.15, -0.1) is 0 Å². The van der Waals surface area contributed by atoms with Crippen LogP contribution in [0.2, 0.25) is 0 Å². The van der Waals surface area contributed by atoms with Gasteiger partial charge in [0.05, 0.1) is 5.75 Å². The van der Waals surface area contributed by atoms with Gasteiger partial charge >= 0.3 is 5.69 Å². The second-order valence-electron chi connectivity index (χ2n) is 6.67. The van der Waals surface area contributed by atoms with Crippen LogP contribution in [-0.2, 0) is 34.5 Å². The molecule has 1 aliphatic rings. The smallest absolute Gasteiger partial charge is 0.330 e. The molecule has 1 aromatic rings. The van der Waals surface area contributed by atoms with E-state index in [4.69, 9.17) is 0 Å². The number of amides is 1. The van der Waals surface area contributed by atoms with Crippen molar-refractivity contribution in [2.24, 2.45) is 14.1 Å². The van der Waals surface area contributed by atoms with Crippen LogP contribution >= 0.6 is 0 Å². The van der Waals surface area contributed by atoms with E-state index in [1.54, 1.807) is 0 Å². The highest BCUT2D eigenvalue weighted by Gasteiger charge is 2.30. The van der Waals surface area contributed by atoms with E-state index in [1.807, 2.05) is 0 Å². The molecule has 0 aliphatic heterocycles. The van der Waals surface area contributed by atoms with Gasteiger partial charge in [-0.3, -0.25) is 18.7 Å². The Hall–Kier alpha value is -1.90. The fourth-order valence-corrected chi connectivity index (χ4v) is 4.31. The van der Waals surface area contributed by atoms with Gasteiger partial charge in [-0.25, -0.2) is 13.2 Å². The Morgan fingerprint density at radius 1 is 1.20 bits per heavy atom. The molecule has 1 saturated carbocycles. The van der Waals surface area contributed by atoms with E-state index >= 15 is 0 Å². The molecule has 2 rings (SSSR count). The fraction of sp³-hybridized carbons (Fsp3) is 0.688. The molecular weight excluding hydrogens is 346 g/mol. The third kappa shape index (κ3) is 4.39. The molecule has 1 unspecified atom stereocenters. The second-order valence-corrected chi connectivity index (χ2v) is 8.99. The average Bonchev–Trinajstić information content (AvgIpc) is 2.57. The Labute approximate surface area is 146 Å². The monoisotopic (exact) mass is 371 g/mol. The third-order valence-electron chi connectivity index (χ3n) is 4.83. The van der Waals surface area contributed by atoms with Gasteiger partial charge in [-0.1, -0.05) is 19.3 Å². The molecule has 1 aliphatic carbocycles. The molecule has 9 heteroatoms. The van der Waals surface area contributed by atoms with Gasteiger partial charge < -0.3 is 5.32 Å². The van der Waals surface area contributed by atoms with Gasteiger partial charge in [0, 0.05) is 31.9 Å². The first-order valence-corrected chi connectivity index (χ1v) is 10.1. The summed E-state index contributed by atoms with van der Waals surface area (Å²) >= 11 is 0. The topological polar surface area (TPSA) is 107 Å². The van der Waals surface area contributed by atoms with Gasteiger partial charge in [-0.05, 0) is 19.8 Å². The van der Waals surface area contributed by atoms with Crippen LogP contribution in [0.15, 0.2) is 15.7 Å². The van der Waals surface area contributed by atoms with E-state index in [0.717, 1.165) is 47.3 Å². The van der Waals surface area contributed by atoms with Gasteiger partial charge in [0.15, 0.2) is 9.84 Å². The summed E-state index contributed by atoms with van der Waals surface area (Å²) in [6.07, 6.45) is 4.92. The molecule has 0 spiro atoms. The number of nitrogens with zero attached hydrogens (tertiary/aromatic N) is 2. The number of aromatic nitrogens is 2. The molecule has 1 atom stereocenters. The zero-order valence-electron chi connectivity index (χ0n) is 14.8. The van der Waals surface area contributed by atoms with E-state index in [2.05, 4.69) is 5.32 Å².